The lowest BCUT2D eigenvalue weighted by molar-refractivity contribution is -0.160. The van der Waals surface area contributed by atoms with Crippen molar-refractivity contribution < 1.29 is 19.1 Å². The Morgan fingerprint density at radius 1 is 1.24 bits per heavy atom. The number of piperidine rings is 1. The summed E-state index contributed by atoms with van der Waals surface area (Å²) in [5.41, 5.74) is 4.12. The number of nitrogens with one attached hydrogen (secondary N) is 1. The second kappa shape index (κ2) is 9.14. The van der Waals surface area contributed by atoms with E-state index in [-0.39, 0.29) is 27.4 Å². The molecule has 1 aromatic carbocycles. The topological polar surface area (TPSA) is 72.8 Å². The highest BCUT2D eigenvalue weighted by atomic mass is 28.2. The third-order valence-electron chi connectivity index (χ3n) is 8.17. The van der Waals surface area contributed by atoms with E-state index in [9.17, 15) is 9.59 Å². The molecule has 0 radical (unpaired) electrons. The molecule has 1 amide bonds. The van der Waals surface area contributed by atoms with Crippen LogP contribution in [0, 0.1) is 17.8 Å². The van der Waals surface area contributed by atoms with Crippen LogP contribution < -0.4 is 5.32 Å². The van der Waals surface area contributed by atoms with Crippen molar-refractivity contribution in [3.05, 3.63) is 35.5 Å². The molecule has 1 aliphatic carbocycles. The fourth-order valence-electron chi connectivity index (χ4n) is 6.71. The number of aryl methyl sites for hydroxylation is 1. The summed E-state index contributed by atoms with van der Waals surface area (Å²) in [6.45, 7) is 4.19. The van der Waals surface area contributed by atoms with Crippen LogP contribution in [0.4, 0.5) is 4.79 Å². The SMILES string of the molecule is COC(=O)C1C(OC(=O)NC[SiH2]C)CCC2CN3CCc4c(n(C)c5ccccc45)C3CC21. The number of methoxy groups -OCH3 is 1. The first-order chi connectivity index (χ1) is 16.0. The van der Waals surface area contributed by atoms with E-state index in [1.807, 2.05) is 0 Å². The molecular weight excluding hydrogens is 434 g/mol. The summed E-state index contributed by atoms with van der Waals surface area (Å²) in [5, 5.41) is 4.20. The van der Waals surface area contributed by atoms with Crippen LogP contribution in [0.15, 0.2) is 24.3 Å². The summed E-state index contributed by atoms with van der Waals surface area (Å²) in [6.07, 6.45) is 3.55. The molecule has 33 heavy (non-hydrogen) atoms. The zero-order chi connectivity index (χ0) is 23.1. The molecule has 7 nitrogen and oxygen atoms in total. The van der Waals surface area contributed by atoms with Gasteiger partial charge in [0.15, 0.2) is 0 Å². The number of aromatic nitrogens is 1. The number of nitrogens with zero attached hydrogens (tertiary/aromatic N) is 2. The van der Waals surface area contributed by atoms with Crippen molar-refractivity contribution in [2.45, 2.75) is 44.4 Å². The molecule has 3 heterocycles. The maximum Gasteiger partial charge on any atom is 0.407 e. The molecule has 5 rings (SSSR count). The van der Waals surface area contributed by atoms with E-state index in [2.05, 4.69) is 52.6 Å². The highest BCUT2D eigenvalue weighted by Gasteiger charge is 2.51. The lowest BCUT2D eigenvalue weighted by Gasteiger charge is -2.51. The van der Waals surface area contributed by atoms with Crippen LogP contribution >= 0.6 is 0 Å². The van der Waals surface area contributed by atoms with Gasteiger partial charge in [-0.15, -0.1) is 0 Å². The van der Waals surface area contributed by atoms with Crippen LogP contribution in [0.2, 0.25) is 6.55 Å². The average Bonchev–Trinajstić information content (AvgIpc) is 3.13. The van der Waals surface area contributed by atoms with Crippen molar-refractivity contribution in [3.8, 4) is 0 Å². The highest BCUT2D eigenvalue weighted by Crippen LogP contribution is 2.50. The molecule has 1 N–H and O–H groups in total. The number of para-hydroxylation sites is 1. The molecule has 2 aliphatic heterocycles. The van der Waals surface area contributed by atoms with E-state index in [1.54, 1.807) is 0 Å². The third-order valence-corrected chi connectivity index (χ3v) is 8.92. The zero-order valence-corrected chi connectivity index (χ0v) is 21.3. The van der Waals surface area contributed by atoms with Gasteiger partial charge in [0.1, 0.15) is 6.10 Å². The smallest absolute Gasteiger partial charge is 0.407 e. The van der Waals surface area contributed by atoms with Crippen LogP contribution in [0.5, 0.6) is 0 Å². The van der Waals surface area contributed by atoms with Gasteiger partial charge >= 0.3 is 12.1 Å². The zero-order valence-electron chi connectivity index (χ0n) is 19.9. The number of alkyl carbamates (subject to hydrolysis) is 1. The number of amides is 1. The predicted octanol–water partition coefficient (Wildman–Crippen LogP) is 2.57. The number of fused-ring (bicyclic) bond motifs is 6. The van der Waals surface area contributed by atoms with Crippen LogP contribution in [-0.4, -0.2) is 63.5 Å². The molecule has 5 atom stereocenters. The fraction of sp³-hybridized carbons (Fsp3) is 0.600. The van der Waals surface area contributed by atoms with E-state index < -0.39 is 18.1 Å². The Labute approximate surface area is 197 Å². The van der Waals surface area contributed by atoms with Gasteiger partial charge in [-0.25, -0.2) is 4.79 Å². The Hall–Kier alpha value is -2.32. The molecule has 1 saturated carbocycles. The normalized spacial score (nSPS) is 29.4. The van der Waals surface area contributed by atoms with Gasteiger partial charge in [-0.2, -0.15) is 0 Å². The first-order valence-electron chi connectivity index (χ1n) is 12.4. The summed E-state index contributed by atoms with van der Waals surface area (Å²) in [5.74, 6) is -0.0724. The summed E-state index contributed by atoms with van der Waals surface area (Å²) in [7, 11) is 3.33. The fourth-order valence-corrected chi connectivity index (χ4v) is 7.16. The third kappa shape index (κ3) is 3.87. The van der Waals surface area contributed by atoms with E-state index in [1.165, 1.54) is 29.3 Å². The number of ether oxygens (including phenoxy) is 2. The Bertz CT molecular complexity index is 1050. The van der Waals surface area contributed by atoms with Crippen LogP contribution in [0.25, 0.3) is 10.9 Å². The summed E-state index contributed by atoms with van der Waals surface area (Å²) in [6, 6.07) is 8.93. The number of benzene rings is 1. The second-order valence-electron chi connectivity index (χ2n) is 9.86. The minimum atomic E-state index is -0.417. The van der Waals surface area contributed by atoms with Crippen molar-refractivity contribution >= 4 is 32.5 Å². The molecule has 1 aromatic heterocycles. The molecule has 0 bridgehead atoms. The van der Waals surface area contributed by atoms with E-state index >= 15 is 0 Å². The standard InChI is InChI=1S/C25H35N3O4Si/c1-27-19-7-5-4-6-16(19)17-10-11-28-13-15-8-9-21(32-25(30)26-14-33-3)22(24(29)31-2)18(15)12-20(28)23(17)27/h4-7,15,18,20-22H,8-14,33H2,1-3H3,(H,26,30). The van der Waals surface area contributed by atoms with Crippen molar-refractivity contribution in [3.63, 3.8) is 0 Å². The Balaban J connectivity index is 1.45. The molecule has 5 unspecified atom stereocenters. The Morgan fingerprint density at radius 2 is 2.06 bits per heavy atom. The van der Waals surface area contributed by atoms with Crippen LogP contribution in [0.3, 0.4) is 0 Å². The van der Waals surface area contributed by atoms with Crippen molar-refractivity contribution in [1.29, 1.82) is 0 Å². The van der Waals surface area contributed by atoms with Crippen molar-refractivity contribution in [2.24, 2.45) is 24.8 Å². The van der Waals surface area contributed by atoms with Gasteiger partial charge in [-0.05, 0) is 49.1 Å². The molecule has 8 heteroatoms. The lowest BCUT2D eigenvalue weighted by atomic mass is 9.64. The Kier molecular flexibility index (Phi) is 6.22. The van der Waals surface area contributed by atoms with Gasteiger partial charge in [-0.1, -0.05) is 24.7 Å². The first-order valence-corrected chi connectivity index (χ1v) is 14.8. The summed E-state index contributed by atoms with van der Waals surface area (Å²) >= 11 is 0. The molecule has 178 valence electrons. The maximum atomic E-state index is 13.0. The van der Waals surface area contributed by atoms with Crippen molar-refractivity contribution in [1.82, 2.24) is 14.8 Å². The average molecular weight is 470 g/mol. The van der Waals surface area contributed by atoms with Gasteiger partial charge < -0.3 is 19.4 Å². The quantitative estimate of drug-likeness (QED) is 0.550. The van der Waals surface area contributed by atoms with E-state index in [4.69, 9.17) is 9.47 Å². The number of hydrogen-bond acceptors (Lipinski definition) is 5. The minimum absolute atomic E-state index is 0.148. The van der Waals surface area contributed by atoms with Gasteiger partial charge in [-0.3, -0.25) is 9.69 Å². The van der Waals surface area contributed by atoms with Crippen LogP contribution in [0.1, 0.15) is 36.6 Å². The predicted molar refractivity (Wildman–Crippen MR) is 130 cm³/mol. The molecule has 0 spiro atoms. The number of esters is 1. The van der Waals surface area contributed by atoms with Gasteiger partial charge in [0.05, 0.1) is 19.1 Å². The van der Waals surface area contributed by atoms with Crippen molar-refractivity contribution in [2.75, 3.05) is 26.4 Å². The number of carbonyl (C=O) groups excluding carboxylic acids is 2. The molecule has 2 aromatic rings. The first kappa shape index (κ1) is 22.5. The largest absolute Gasteiger partial charge is 0.469 e. The van der Waals surface area contributed by atoms with Gasteiger partial charge in [0.2, 0.25) is 0 Å². The minimum Gasteiger partial charge on any atom is -0.469 e. The molecular formula is C25H35N3O4Si. The molecule has 1 saturated heterocycles. The number of hydrogen-bond donors (Lipinski definition) is 1. The second-order valence-corrected chi connectivity index (χ2v) is 11.4. The highest BCUT2D eigenvalue weighted by molar-refractivity contribution is 6.34. The number of rotatable bonds is 4. The van der Waals surface area contributed by atoms with Crippen LogP contribution in [-0.2, 0) is 27.7 Å². The maximum absolute atomic E-state index is 13.0. The van der Waals surface area contributed by atoms with Gasteiger partial charge in [0.25, 0.3) is 0 Å². The van der Waals surface area contributed by atoms with E-state index in [0.29, 0.717) is 12.1 Å². The summed E-state index contributed by atoms with van der Waals surface area (Å²) in [4.78, 5) is 28.0. The van der Waals surface area contributed by atoms with Gasteiger partial charge in [0, 0.05) is 52.4 Å². The molecule has 2 fully saturated rings. The lowest BCUT2D eigenvalue weighted by Crippen LogP contribution is -2.54. The van der Waals surface area contributed by atoms with E-state index in [0.717, 1.165) is 38.8 Å². The Morgan fingerprint density at radius 3 is 2.85 bits per heavy atom. The molecule has 3 aliphatic rings. The summed E-state index contributed by atoms with van der Waals surface area (Å²) < 4.78 is 13.4. The number of carbonyl (C=O) groups is 2. The monoisotopic (exact) mass is 469 g/mol.